The van der Waals surface area contributed by atoms with Gasteiger partial charge in [0.05, 0.1) is 27.1 Å². The quantitative estimate of drug-likeness (QED) is 0.603. The van der Waals surface area contributed by atoms with Crippen molar-refractivity contribution in [3.8, 4) is 22.6 Å². The van der Waals surface area contributed by atoms with Gasteiger partial charge in [-0.25, -0.2) is 9.97 Å². The summed E-state index contributed by atoms with van der Waals surface area (Å²) < 4.78 is 3.44. The fraction of sp³-hybridized carbons (Fsp3) is 0.167. The number of nitrogens with zero attached hydrogens (tertiary/aromatic N) is 4. The summed E-state index contributed by atoms with van der Waals surface area (Å²) >= 11 is 1.66. The number of imidazole rings is 1. The minimum atomic E-state index is 0.915. The van der Waals surface area contributed by atoms with Gasteiger partial charge in [0.2, 0.25) is 5.95 Å². The van der Waals surface area contributed by atoms with Crippen molar-refractivity contribution < 1.29 is 0 Å². The maximum Gasteiger partial charge on any atom is 0.204 e. The maximum absolute atomic E-state index is 4.82. The monoisotopic (exact) mass is 333 g/mol. The Kier molecular flexibility index (Phi) is 2.93. The summed E-state index contributed by atoms with van der Waals surface area (Å²) in [5, 5.41) is 3.36. The number of nitrogens with one attached hydrogen (secondary N) is 1. The van der Waals surface area contributed by atoms with Crippen molar-refractivity contribution >= 4 is 27.5 Å². The van der Waals surface area contributed by atoms with Crippen molar-refractivity contribution in [2.45, 2.75) is 13.5 Å². The number of anilines is 1. The van der Waals surface area contributed by atoms with Crippen LogP contribution in [-0.4, -0.2) is 26.1 Å². The van der Waals surface area contributed by atoms with Gasteiger partial charge in [0.1, 0.15) is 5.69 Å². The van der Waals surface area contributed by atoms with E-state index in [0.717, 1.165) is 52.9 Å². The smallest absolute Gasteiger partial charge is 0.204 e. The Hall–Kier alpha value is -2.73. The first-order valence-corrected chi connectivity index (χ1v) is 8.79. The third kappa shape index (κ3) is 2.03. The summed E-state index contributed by atoms with van der Waals surface area (Å²) in [6.07, 6.45) is 0. The molecule has 0 bridgehead atoms. The summed E-state index contributed by atoms with van der Waals surface area (Å²) in [7, 11) is 0. The van der Waals surface area contributed by atoms with Crippen LogP contribution in [0.1, 0.15) is 5.69 Å². The highest BCUT2D eigenvalue weighted by Crippen LogP contribution is 2.37. The highest BCUT2D eigenvalue weighted by Gasteiger charge is 2.24. The second-order valence-electron chi connectivity index (χ2n) is 5.91. The van der Waals surface area contributed by atoms with Crippen molar-refractivity contribution in [1.82, 2.24) is 19.5 Å². The molecular weight excluding hydrogens is 318 g/mol. The maximum atomic E-state index is 4.82. The predicted molar refractivity (Wildman–Crippen MR) is 97.3 cm³/mol. The van der Waals surface area contributed by atoms with Gasteiger partial charge in [-0.1, -0.05) is 12.1 Å². The second kappa shape index (κ2) is 5.14. The van der Waals surface area contributed by atoms with Gasteiger partial charge >= 0.3 is 0 Å². The lowest BCUT2D eigenvalue weighted by Crippen LogP contribution is -1.99. The van der Waals surface area contributed by atoms with Gasteiger partial charge in [0, 0.05) is 24.3 Å². The summed E-state index contributed by atoms with van der Waals surface area (Å²) in [5.41, 5.74) is 8.06. The van der Waals surface area contributed by atoms with E-state index in [-0.39, 0.29) is 0 Å². The zero-order chi connectivity index (χ0) is 16.1. The molecule has 0 saturated carbocycles. The van der Waals surface area contributed by atoms with E-state index in [1.165, 1.54) is 4.70 Å². The predicted octanol–water partition coefficient (Wildman–Crippen LogP) is 3.96. The molecule has 1 N–H and O–H groups in total. The first-order valence-electron chi connectivity index (χ1n) is 7.92. The Morgan fingerprint density at radius 1 is 1.17 bits per heavy atom. The SMILES string of the molecule is Cc1cccc(-c2nc3n(c2-c2ccc4ncsc4c2)CCN3)n1. The highest BCUT2D eigenvalue weighted by molar-refractivity contribution is 7.16. The number of aryl methyl sites for hydroxylation is 1. The average Bonchev–Trinajstić information content (AvgIpc) is 3.29. The van der Waals surface area contributed by atoms with Crippen molar-refractivity contribution in [2.75, 3.05) is 11.9 Å². The van der Waals surface area contributed by atoms with Crippen LogP contribution >= 0.6 is 11.3 Å². The van der Waals surface area contributed by atoms with Crippen molar-refractivity contribution in [1.29, 1.82) is 0 Å². The Morgan fingerprint density at radius 2 is 2.12 bits per heavy atom. The van der Waals surface area contributed by atoms with E-state index in [9.17, 15) is 0 Å². The van der Waals surface area contributed by atoms with E-state index in [2.05, 4.69) is 38.1 Å². The minimum Gasteiger partial charge on any atom is -0.354 e. The number of pyridine rings is 1. The molecular formula is C18H15N5S. The van der Waals surface area contributed by atoms with Crippen LogP contribution in [-0.2, 0) is 6.54 Å². The fourth-order valence-electron chi connectivity index (χ4n) is 3.23. The molecule has 1 aliphatic heterocycles. The molecule has 118 valence electrons. The zero-order valence-corrected chi connectivity index (χ0v) is 14.0. The normalized spacial score (nSPS) is 13.2. The van der Waals surface area contributed by atoms with E-state index in [4.69, 9.17) is 4.98 Å². The van der Waals surface area contributed by atoms with Gasteiger partial charge in [-0.15, -0.1) is 11.3 Å². The topological polar surface area (TPSA) is 55.6 Å². The summed E-state index contributed by atoms with van der Waals surface area (Å²) in [6.45, 7) is 3.85. The Balaban J connectivity index is 1.77. The molecule has 1 aromatic carbocycles. The van der Waals surface area contributed by atoms with Crippen LogP contribution in [0.5, 0.6) is 0 Å². The van der Waals surface area contributed by atoms with E-state index in [1.54, 1.807) is 11.3 Å². The van der Waals surface area contributed by atoms with Crippen molar-refractivity contribution in [3.05, 3.63) is 47.6 Å². The molecule has 1 aliphatic rings. The molecule has 0 atom stereocenters. The molecule has 4 heterocycles. The minimum absolute atomic E-state index is 0.915. The number of rotatable bonds is 2. The van der Waals surface area contributed by atoms with Gasteiger partial charge < -0.3 is 9.88 Å². The summed E-state index contributed by atoms with van der Waals surface area (Å²) in [6, 6.07) is 12.5. The van der Waals surface area contributed by atoms with Crippen LogP contribution in [0.15, 0.2) is 41.9 Å². The Bertz CT molecular complexity index is 1060. The van der Waals surface area contributed by atoms with E-state index in [0.29, 0.717) is 0 Å². The molecule has 0 unspecified atom stereocenters. The third-order valence-corrected chi connectivity index (χ3v) is 5.11. The number of thiazole rings is 1. The van der Waals surface area contributed by atoms with Gasteiger partial charge in [-0.3, -0.25) is 4.98 Å². The number of hydrogen-bond acceptors (Lipinski definition) is 5. The number of benzene rings is 1. The molecule has 4 aromatic rings. The molecule has 0 amide bonds. The van der Waals surface area contributed by atoms with Crippen LogP contribution in [0.2, 0.25) is 0 Å². The molecule has 0 saturated heterocycles. The van der Waals surface area contributed by atoms with Crippen molar-refractivity contribution in [2.24, 2.45) is 0 Å². The van der Waals surface area contributed by atoms with Crippen LogP contribution in [0, 0.1) is 6.92 Å². The largest absolute Gasteiger partial charge is 0.354 e. The molecule has 6 heteroatoms. The highest BCUT2D eigenvalue weighted by atomic mass is 32.1. The lowest BCUT2D eigenvalue weighted by molar-refractivity contribution is 0.817. The fourth-order valence-corrected chi connectivity index (χ4v) is 3.95. The number of hydrogen-bond donors (Lipinski definition) is 1. The van der Waals surface area contributed by atoms with Crippen LogP contribution < -0.4 is 5.32 Å². The van der Waals surface area contributed by atoms with E-state index >= 15 is 0 Å². The molecule has 0 aliphatic carbocycles. The Morgan fingerprint density at radius 3 is 3.04 bits per heavy atom. The zero-order valence-electron chi connectivity index (χ0n) is 13.2. The van der Waals surface area contributed by atoms with Crippen LogP contribution in [0.4, 0.5) is 5.95 Å². The molecule has 24 heavy (non-hydrogen) atoms. The van der Waals surface area contributed by atoms with Gasteiger partial charge in [0.15, 0.2) is 0 Å². The number of fused-ring (bicyclic) bond motifs is 2. The first kappa shape index (κ1) is 13.7. The Labute approximate surface area is 143 Å². The summed E-state index contributed by atoms with van der Waals surface area (Å²) in [4.78, 5) is 13.9. The van der Waals surface area contributed by atoms with Crippen LogP contribution in [0.25, 0.3) is 32.9 Å². The molecule has 0 fully saturated rings. The second-order valence-corrected chi connectivity index (χ2v) is 6.80. The van der Waals surface area contributed by atoms with Crippen molar-refractivity contribution in [3.63, 3.8) is 0 Å². The standard InChI is InChI=1S/C18H15N5S/c1-11-3-2-4-14(21-11)16-17(23-8-7-19-18(23)22-16)12-5-6-13-15(9-12)24-10-20-13/h2-6,9-10H,7-8H2,1H3,(H,19,22). The molecule has 5 nitrogen and oxygen atoms in total. The van der Waals surface area contributed by atoms with Gasteiger partial charge in [-0.2, -0.15) is 0 Å². The lowest BCUT2D eigenvalue weighted by atomic mass is 10.1. The average molecular weight is 333 g/mol. The van der Waals surface area contributed by atoms with Gasteiger partial charge in [0.25, 0.3) is 0 Å². The molecule has 3 aromatic heterocycles. The lowest BCUT2D eigenvalue weighted by Gasteiger charge is -2.08. The third-order valence-electron chi connectivity index (χ3n) is 4.32. The van der Waals surface area contributed by atoms with Gasteiger partial charge in [-0.05, 0) is 31.2 Å². The van der Waals surface area contributed by atoms with E-state index < -0.39 is 0 Å². The summed E-state index contributed by atoms with van der Waals surface area (Å²) in [5.74, 6) is 0.924. The van der Waals surface area contributed by atoms with E-state index in [1.807, 2.05) is 30.6 Å². The van der Waals surface area contributed by atoms with Crippen LogP contribution in [0.3, 0.4) is 0 Å². The molecule has 0 radical (unpaired) electrons. The number of aromatic nitrogens is 4. The first-order chi connectivity index (χ1) is 11.8. The molecule has 5 rings (SSSR count). The molecule has 0 spiro atoms.